The van der Waals surface area contributed by atoms with Gasteiger partial charge in [0.15, 0.2) is 0 Å². The van der Waals surface area contributed by atoms with Crippen LogP contribution in [0.1, 0.15) is 16.9 Å². The Morgan fingerprint density at radius 1 is 1.69 bits per heavy atom. The zero-order valence-corrected chi connectivity index (χ0v) is 8.00. The van der Waals surface area contributed by atoms with E-state index in [0.29, 0.717) is 5.69 Å². The summed E-state index contributed by atoms with van der Waals surface area (Å²) in [5.41, 5.74) is 0.340. The molecule has 1 aromatic heterocycles. The van der Waals surface area contributed by atoms with Crippen molar-refractivity contribution in [3.05, 3.63) is 5.69 Å². The number of methoxy groups -OCH3 is 1. The molecule has 2 rings (SSSR count). The van der Waals surface area contributed by atoms with Crippen LogP contribution in [0.4, 0.5) is 0 Å². The lowest BCUT2D eigenvalue weighted by Crippen LogP contribution is -2.10. The monoisotopic (exact) mass is 199 g/mol. The van der Waals surface area contributed by atoms with Gasteiger partial charge in [0.2, 0.25) is 5.69 Å². The number of thioether (sulfide) groups is 1. The number of carbonyl (C=O) groups excluding carboxylic acids is 1. The van der Waals surface area contributed by atoms with Gasteiger partial charge in [-0.1, -0.05) is 5.21 Å². The fourth-order valence-electron chi connectivity index (χ4n) is 1.20. The zero-order chi connectivity index (χ0) is 9.26. The first kappa shape index (κ1) is 8.55. The largest absolute Gasteiger partial charge is 0.464 e. The van der Waals surface area contributed by atoms with Crippen LogP contribution in [0.5, 0.6) is 0 Å². The van der Waals surface area contributed by atoms with E-state index in [1.807, 2.05) is 0 Å². The summed E-state index contributed by atoms with van der Waals surface area (Å²) in [5.74, 6) is 0.604. The molecule has 0 amide bonds. The molecule has 0 N–H and O–H groups in total. The first-order chi connectivity index (χ1) is 6.33. The Kier molecular flexibility index (Phi) is 2.22. The number of aryl methyl sites for hydroxylation is 1. The second-order valence-corrected chi connectivity index (χ2v) is 3.74. The molecule has 70 valence electrons. The Hall–Kier alpha value is -1.04. The van der Waals surface area contributed by atoms with Crippen LogP contribution in [0.3, 0.4) is 0 Å². The van der Waals surface area contributed by atoms with Crippen LogP contribution in [0.2, 0.25) is 0 Å². The zero-order valence-electron chi connectivity index (χ0n) is 7.19. The minimum absolute atomic E-state index is 0.340. The minimum Gasteiger partial charge on any atom is -0.464 e. The summed E-state index contributed by atoms with van der Waals surface area (Å²) in [7, 11) is 1.35. The third kappa shape index (κ3) is 1.41. The van der Waals surface area contributed by atoms with Crippen molar-refractivity contribution >= 4 is 17.7 Å². The van der Waals surface area contributed by atoms with Crippen LogP contribution in [0.15, 0.2) is 5.03 Å². The molecule has 0 aliphatic carbocycles. The number of carbonyl (C=O) groups is 1. The van der Waals surface area contributed by atoms with E-state index in [2.05, 4.69) is 15.0 Å². The van der Waals surface area contributed by atoms with Crippen molar-refractivity contribution in [2.45, 2.75) is 18.0 Å². The Balaban J connectivity index is 2.36. The molecular formula is C7H9N3O2S. The normalized spacial score (nSPS) is 15.2. The van der Waals surface area contributed by atoms with Gasteiger partial charge in [-0.15, -0.1) is 16.9 Å². The standard InChI is InChI=1S/C7H9N3O2S/c1-12-7(11)5-6-10(9-8-5)3-2-4-13-6/h2-4H2,1H3. The van der Waals surface area contributed by atoms with Gasteiger partial charge >= 0.3 is 5.97 Å². The molecule has 1 aromatic rings. The molecule has 2 heterocycles. The highest BCUT2D eigenvalue weighted by Gasteiger charge is 2.22. The van der Waals surface area contributed by atoms with Gasteiger partial charge in [0.25, 0.3) is 0 Å². The average molecular weight is 199 g/mol. The Morgan fingerprint density at radius 3 is 3.31 bits per heavy atom. The van der Waals surface area contributed by atoms with E-state index in [9.17, 15) is 4.79 Å². The second kappa shape index (κ2) is 3.37. The van der Waals surface area contributed by atoms with Crippen LogP contribution in [0, 0.1) is 0 Å². The van der Waals surface area contributed by atoms with Crippen molar-refractivity contribution in [3.63, 3.8) is 0 Å². The summed E-state index contributed by atoms with van der Waals surface area (Å²) in [6, 6.07) is 0. The fourth-order valence-corrected chi connectivity index (χ4v) is 2.21. The molecule has 1 aliphatic heterocycles. The summed E-state index contributed by atoms with van der Waals surface area (Å²) < 4.78 is 6.34. The number of fused-ring (bicyclic) bond motifs is 1. The van der Waals surface area contributed by atoms with Crippen molar-refractivity contribution in [1.29, 1.82) is 0 Å². The summed E-state index contributed by atoms with van der Waals surface area (Å²) in [4.78, 5) is 11.2. The molecule has 0 unspecified atom stereocenters. The van der Waals surface area contributed by atoms with Crippen molar-refractivity contribution < 1.29 is 9.53 Å². The Labute approximate surface area is 79.4 Å². The molecule has 0 atom stereocenters. The quantitative estimate of drug-likeness (QED) is 0.618. The molecule has 0 spiro atoms. The number of esters is 1. The van der Waals surface area contributed by atoms with E-state index in [0.717, 1.165) is 23.7 Å². The van der Waals surface area contributed by atoms with E-state index in [1.54, 1.807) is 16.4 Å². The fraction of sp³-hybridized carbons (Fsp3) is 0.571. The van der Waals surface area contributed by atoms with Gasteiger partial charge in [-0.3, -0.25) is 0 Å². The predicted molar refractivity (Wildman–Crippen MR) is 46.7 cm³/mol. The third-order valence-corrected chi connectivity index (χ3v) is 2.99. The number of aromatic nitrogens is 3. The first-order valence-corrected chi connectivity index (χ1v) is 4.96. The van der Waals surface area contributed by atoms with Crippen LogP contribution in [-0.2, 0) is 11.3 Å². The molecule has 0 saturated carbocycles. The number of rotatable bonds is 1. The van der Waals surface area contributed by atoms with Gasteiger partial charge in [0.1, 0.15) is 5.03 Å². The lowest BCUT2D eigenvalue weighted by atomic mass is 10.4. The molecule has 13 heavy (non-hydrogen) atoms. The van der Waals surface area contributed by atoms with Gasteiger partial charge in [-0.05, 0) is 6.42 Å². The molecule has 5 nitrogen and oxygen atoms in total. The van der Waals surface area contributed by atoms with E-state index in [4.69, 9.17) is 0 Å². The van der Waals surface area contributed by atoms with Crippen molar-refractivity contribution in [3.8, 4) is 0 Å². The van der Waals surface area contributed by atoms with Crippen molar-refractivity contribution in [2.75, 3.05) is 12.9 Å². The molecule has 1 aliphatic rings. The summed E-state index contributed by atoms with van der Waals surface area (Å²) in [6.45, 7) is 0.840. The van der Waals surface area contributed by atoms with Crippen LogP contribution in [-0.4, -0.2) is 33.8 Å². The van der Waals surface area contributed by atoms with Gasteiger partial charge in [-0.25, -0.2) is 9.48 Å². The maximum Gasteiger partial charge on any atom is 0.361 e. The summed E-state index contributed by atoms with van der Waals surface area (Å²) in [6.07, 6.45) is 1.07. The average Bonchev–Trinajstić information content (AvgIpc) is 2.60. The van der Waals surface area contributed by atoms with Crippen LogP contribution in [0.25, 0.3) is 0 Å². The highest BCUT2D eigenvalue weighted by atomic mass is 32.2. The van der Waals surface area contributed by atoms with Gasteiger partial charge in [-0.2, -0.15) is 0 Å². The SMILES string of the molecule is COC(=O)c1nnn2c1SCCC2. The van der Waals surface area contributed by atoms with E-state index >= 15 is 0 Å². The Morgan fingerprint density at radius 2 is 2.54 bits per heavy atom. The minimum atomic E-state index is -0.407. The topological polar surface area (TPSA) is 57.0 Å². The highest BCUT2D eigenvalue weighted by molar-refractivity contribution is 7.99. The lowest BCUT2D eigenvalue weighted by molar-refractivity contribution is 0.0589. The lowest BCUT2D eigenvalue weighted by Gasteiger charge is -2.11. The predicted octanol–water partition coefficient (Wildman–Crippen LogP) is 0.560. The maximum absolute atomic E-state index is 11.2. The molecule has 0 radical (unpaired) electrons. The first-order valence-electron chi connectivity index (χ1n) is 3.97. The number of hydrogen-bond donors (Lipinski definition) is 0. The van der Waals surface area contributed by atoms with E-state index < -0.39 is 5.97 Å². The van der Waals surface area contributed by atoms with Gasteiger partial charge < -0.3 is 4.74 Å². The third-order valence-electron chi connectivity index (χ3n) is 1.82. The molecule has 6 heteroatoms. The van der Waals surface area contributed by atoms with Gasteiger partial charge in [0.05, 0.1) is 7.11 Å². The van der Waals surface area contributed by atoms with E-state index in [1.165, 1.54) is 7.11 Å². The summed E-state index contributed by atoms with van der Waals surface area (Å²) in [5, 5.41) is 8.49. The number of hydrogen-bond acceptors (Lipinski definition) is 5. The number of ether oxygens (including phenoxy) is 1. The molecule has 0 fully saturated rings. The number of nitrogens with zero attached hydrogens (tertiary/aromatic N) is 3. The van der Waals surface area contributed by atoms with Crippen molar-refractivity contribution in [1.82, 2.24) is 15.0 Å². The highest BCUT2D eigenvalue weighted by Crippen LogP contribution is 2.26. The summed E-state index contributed by atoms with van der Waals surface area (Å²) >= 11 is 1.60. The Bertz CT molecular complexity index is 336. The molecule has 0 saturated heterocycles. The molecule has 0 aromatic carbocycles. The second-order valence-electron chi connectivity index (χ2n) is 2.66. The van der Waals surface area contributed by atoms with Crippen LogP contribution >= 0.6 is 11.8 Å². The van der Waals surface area contributed by atoms with E-state index in [-0.39, 0.29) is 0 Å². The molecule has 0 bridgehead atoms. The maximum atomic E-state index is 11.2. The smallest absolute Gasteiger partial charge is 0.361 e. The van der Waals surface area contributed by atoms with Gasteiger partial charge in [0, 0.05) is 12.3 Å². The van der Waals surface area contributed by atoms with Crippen molar-refractivity contribution in [2.24, 2.45) is 0 Å². The molecular weight excluding hydrogens is 190 g/mol. The van der Waals surface area contributed by atoms with Crippen LogP contribution < -0.4 is 0 Å².